The highest BCUT2D eigenvalue weighted by atomic mass is 16.5. The van der Waals surface area contributed by atoms with E-state index in [1.165, 1.54) is 5.56 Å². The van der Waals surface area contributed by atoms with Gasteiger partial charge < -0.3 is 4.74 Å². The van der Waals surface area contributed by atoms with Crippen LogP contribution in [0.2, 0.25) is 0 Å². The first-order chi connectivity index (χ1) is 12.0. The number of ether oxygens (including phenoxy) is 1. The Hall–Kier alpha value is -3.12. The molecule has 0 atom stereocenters. The molecule has 128 valence electrons. The first-order valence-corrected chi connectivity index (χ1v) is 7.86. The Labute approximate surface area is 146 Å². The van der Waals surface area contributed by atoms with E-state index in [0.717, 1.165) is 28.3 Å². The molecule has 6 nitrogen and oxygen atoms in total. The molecule has 0 radical (unpaired) electrons. The number of hydrazine groups is 1. The summed E-state index contributed by atoms with van der Waals surface area (Å²) < 4.78 is 6.94. The molecule has 1 aromatic heterocycles. The topological polar surface area (TPSA) is 82.2 Å². The van der Waals surface area contributed by atoms with Crippen LogP contribution in [0.3, 0.4) is 0 Å². The summed E-state index contributed by atoms with van der Waals surface area (Å²) in [6.07, 6.45) is 0. The lowest BCUT2D eigenvalue weighted by atomic mass is 10.0. The van der Waals surface area contributed by atoms with E-state index in [0.29, 0.717) is 0 Å². The van der Waals surface area contributed by atoms with Gasteiger partial charge in [-0.25, -0.2) is 10.5 Å². The van der Waals surface area contributed by atoms with Crippen LogP contribution in [0.25, 0.3) is 16.9 Å². The summed E-state index contributed by atoms with van der Waals surface area (Å²) in [7, 11) is 1.62. The van der Waals surface area contributed by atoms with E-state index >= 15 is 0 Å². The van der Waals surface area contributed by atoms with Crippen LogP contribution in [0.1, 0.15) is 21.6 Å². The molecule has 25 heavy (non-hydrogen) atoms. The second kappa shape index (κ2) is 6.78. The summed E-state index contributed by atoms with van der Waals surface area (Å²) >= 11 is 0. The van der Waals surface area contributed by atoms with Crippen molar-refractivity contribution in [2.75, 3.05) is 7.11 Å². The molecule has 0 fully saturated rings. The van der Waals surface area contributed by atoms with Gasteiger partial charge in [-0.3, -0.25) is 10.2 Å². The molecule has 3 aromatic rings. The van der Waals surface area contributed by atoms with Crippen molar-refractivity contribution in [3.05, 3.63) is 65.4 Å². The molecule has 0 aliphatic heterocycles. The number of hydrogen-bond acceptors (Lipinski definition) is 4. The third-order valence-electron chi connectivity index (χ3n) is 4.05. The number of aryl methyl sites for hydroxylation is 2. The van der Waals surface area contributed by atoms with Crippen molar-refractivity contribution in [1.29, 1.82) is 0 Å². The van der Waals surface area contributed by atoms with Gasteiger partial charge in [-0.15, -0.1) is 0 Å². The lowest BCUT2D eigenvalue weighted by Crippen LogP contribution is -2.30. The van der Waals surface area contributed by atoms with Crippen molar-refractivity contribution >= 4 is 5.91 Å². The number of amides is 1. The van der Waals surface area contributed by atoms with Crippen molar-refractivity contribution in [3.8, 4) is 22.7 Å². The summed E-state index contributed by atoms with van der Waals surface area (Å²) in [5, 5.41) is 4.43. The monoisotopic (exact) mass is 336 g/mol. The van der Waals surface area contributed by atoms with E-state index in [4.69, 9.17) is 10.6 Å². The standard InChI is InChI=1S/C19H20N4O2/c1-12-4-9-16(13(2)10-12)18-11-17(19(24)21-20)22-23(18)14-5-7-15(25-3)8-6-14/h4-11H,20H2,1-3H3,(H,21,24). The molecule has 1 heterocycles. The third-order valence-corrected chi connectivity index (χ3v) is 4.05. The Bertz CT molecular complexity index is 914. The first kappa shape index (κ1) is 16.7. The molecule has 0 saturated heterocycles. The minimum absolute atomic E-state index is 0.258. The molecule has 3 rings (SSSR count). The van der Waals surface area contributed by atoms with Crippen LogP contribution in [0.4, 0.5) is 0 Å². The maximum Gasteiger partial charge on any atom is 0.285 e. The van der Waals surface area contributed by atoms with Gasteiger partial charge in [-0.2, -0.15) is 5.10 Å². The largest absolute Gasteiger partial charge is 0.497 e. The normalized spacial score (nSPS) is 10.6. The van der Waals surface area contributed by atoms with Crippen LogP contribution < -0.4 is 16.0 Å². The number of methoxy groups -OCH3 is 1. The predicted octanol–water partition coefficient (Wildman–Crippen LogP) is 2.77. The number of nitrogens with zero attached hydrogens (tertiary/aromatic N) is 2. The van der Waals surface area contributed by atoms with Gasteiger partial charge in [0.25, 0.3) is 5.91 Å². The number of nitrogen functional groups attached to an aromatic ring is 1. The highest BCUT2D eigenvalue weighted by molar-refractivity contribution is 5.93. The van der Waals surface area contributed by atoms with Crippen LogP contribution in [-0.2, 0) is 0 Å². The Morgan fingerprint density at radius 1 is 1.12 bits per heavy atom. The van der Waals surface area contributed by atoms with Crippen molar-refractivity contribution in [3.63, 3.8) is 0 Å². The van der Waals surface area contributed by atoms with Gasteiger partial charge in [0, 0.05) is 5.56 Å². The number of benzene rings is 2. The van der Waals surface area contributed by atoms with Crippen LogP contribution in [0.5, 0.6) is 5.75 Å². The Balaban J connectivity index is 2.18. The summed E-state index contributed by atoms with van der Waals surface area (Å²) in [5.74, 6) is 5.58. The number of hydrogen-bond donors (Lipinski definition) is 2. The number of rotatable bonds is 4. The quantitative estimate of drug-likeness (QED) is 0.436. The first-order valence-electron chi connectivity index (χ1n) is 7.86. The van der Waals surface area contributed by atoms with E-state index < -0.39 is 5.91 Å². The summed E-state index contributed by atoms with van der Waals surface area (Å²) in [6.45, 7) is 4.08. The highest BCUT2D eigenvalue weighted by Crippen LogP contribution is 2.28. The fraction of sp³-hybridized carbons (Fsp3) is 0.158. The molecule has 6 heteroatoms. The predicted molar refractivity (Wildman–Crippen MR) is 96.7 cm³/mol. The van der Waals surface area contributed by atoms with E-state index in [1.807, 2.05) is 50.2 Å². The van der Waals surface area contributed by atoms with Gasteiger partial charge >= 0.3 is 0 Å². The Morgan fingerprint density at radius 2 is 1.84 bits per heavy atom. The van der Waals surface area contributed by atoms with E-state index in [9.17, 15) is 4.79 Å². The van der Waals surface area contributed by atoms with Gasteiger partial charge in [0.15, 0.2) is 5.69 Å². The SMILES string of the molecule is COc1ccc(-n2nc(C(=O)NN)cc2-c2ccc(C)cc2C)cc1. The van der Waals surface area contributed by atoms with Crippen LogP contribution in [0, 0.1) is 13.8 Å². The second-order valence-corrected chi connectivity index (χ2v) is 5.82. The summed E-state index contributed by atoms with van der Waals surface area (Å²) in [4.78, 5) is 11.9. The van der Waals surface area contributed by atoms with Crippen LogP contribution in [-0.4, -0.2) is 22.8 Å². The average molecular weight is 336 g/mol. The summed E-state index contributed by atoms with van der Waals surface area (Å²) in [6, 6.07) is 15.4. The van der Waals surface area contributed by atoms with Gasteiger partial charge in [0.2, 0.25) is 0 Å². The Morgan fingerprint density at radius 3 is 2.44 bits per heavy atom. The second-order valence-electron chi connectivity index (χ2n) is 5.82. The van der Waals surface area contributed by atoms with Crippen molar-refractivity contribution in [1.82, 2.24) is 15.2 Å². The maximum atomic E-state index is 11.9. The zero-order valence-corrected chi connectivity index (χ0v) is 14.4. The Kier molecular flexibility index (Phi) is 4.54. The highest BCUT2D eigenvalue weighted by Gasteiger charge is 2.17. The van der Waals surface area contributed by atoms with Crippen LogP contribution in [0.15, 0.2) is 48.5 Å². The molecule has 2 aromatic carbocycles. The molecule has 0 bridgehead atoms. The molecule has 0 unspecified atom stereocenters. The third kappa shape index (κ3) is 3.25. The number of carbonyl (C=O) groups excluding carboxylic acids is 1. The number of nitrogens with two attached hydrogens (primary N) is 1. The van der Waals surface area contributed by atoms with E-state index in [1.54, 1.807) is 17.9 Å². The lowest BCUT2D eigenvalue weighted by Gasteiger charge is -2.11. The van der Waals surface area contributed by atoms with Crippen molar-refractivity contribution < 1.29 is 9.53 Å². The molecule has 1 amide bonds. The number of carbonyl (C=O) groups is 1. The zero-order chi connectivity index (χ0) is 18.0. The minimum Gasteiger partial charge on any atom is -0.497 e. The molecular formula is C19H20N4O2. The van der Waals surface area contributed by atoms with E-state index in [-0.39, 0.29) is 5.69 Å². The molecule has 0 spiro atoms. The van der Waals surface area contributed by atoms with Crippen molar-refractivity contribution in [2.24, 2.45) is 5.84 Å². The van der Waals surface area contributed by atoms with Gasteiger partial charge in [0.05, 0.1) is 18.5 Å². The number of nitrogens with one attached hydrogen (secondary N) is 1. The fourth-order valence-corrected chi connectivity index (χ4v) is 2.78. The van der Waals surface area contributed by atoms with E-state index in [2.05, 4.69) is 16.6 Å². The average Bonchev–Trinajstić information content (AvgIpc) is 3.06. The van der Waals surface area contributed by atoms with Gasteiger partial charge in [-0.05, 0) is 49.7 Å². The van der Waals surface area contributed by atoms with Gasteiger partial charge in [-0.1, -0.05) is 23.8 Å². The van der Waals surface area contributed by atoms with Gasteiger partial charge in [0.1, 0.15) is 5.75 Å². The number of aromatic nitrogens is 2. The molecule has 0 saturated carbocycles. The molecule has 3 N–H and O–H groups in total. The zero-order valence-electron chi connectivity index (χ0n) is 14.4. The molecule has 0 aliphatic carbocycles. The molecular weight excluding hydrogens is 316 g/mol. The fourth-order valence-electron chi connectivity index (χ4n) is 2.78. The van der Waals surface area contributed by atoms with Crippen LogP contribution >= 0.6 is 0 Å². The lowest BCUT2D eigenvalue weighted by molar-refractivity contribution is 0.0948. The maximum absolute atomic E-state index is 11.9. The minimum atomic E-state index is -0.432. The molecule has 0 aliphatic rings. The smallest absolute Gasteiger partial charge is 0.285 e. The van der Waals surface area contributed by atoms with Crippen molar-refractivity contribution in [2.45, 2.75) is 13.8 Å². The summed E-state index contributed by atoms with van der Waals surface area (Å²) in [5.41, 5.74) is 7.32.